The normalized spacial score (nSPS) is 22.0. The van der Waals surface area contributed by atoms with Gasteiger partial charge in [0, 0.05) is 30.4 Å². The van der Waals surface area contributed by atoms with Gasteiger partial charge < -0.3 is 16.0 Å². The SMILES string of the molecule is CC(C)c1ncc(Nc2nc([N+]3(c4ccc(F)nc4)CCCC3C(N)=O)nc3c2CCC3)[nH]1. The maximum absolute atomic E-state index is 13.6. The van der Waals surface area contributed by atoms with E-state index in [0.29, 0.717) is 30.4 Å². The van der Waals surface area contributed by atoms with E-state index in [-0.39, 0.29) is 10.4 Å². The lowest BCUT2D eigenvalue weighted by atomic mass is 10.1. The van der Waals surface area contributed by atoms with Gasteiger partial charge in [0.05, 0.1) is 24.6 Å². The number of amides is 1. The minimum absolute atomic E-state index is 0.0464. The van der Waals surface area contributed by atoms with Gasteiger partial charge in [-0.25, -0.2) is 14.5 Å². The zero-order chi connectivity index (χ0) is 23.2. The van der Waals surface area contributed by atoms with Crippen molar-refractivity contribution in [3.8, 4) is 0 Å². The van der Waals surface area contributed by atoms with E-state index in [1.54, 1.807) is 12.3 Å². The van der Waals surface area contributed by atoms with Gasteiger partial charge >= 0.3 is 5.95 Å². The summed E-state index contributed by atoms with van der Waals surface area (Å²) in [5, 5.41) is 3.39. The van der Waals surface area contributed by atoms with Crippen molar-refractivity contribution < 1.29 is 9.18 Å². The number of rotatable bonds is 6. The number of carbonyl (C=O) groups excluding carboxylic acids is 1. The molecule has 3 aromatic rings. The Labute approximate surface area is 191 Å². The van der Waals surface area contributed by atoms with Crippen LogP contribution in [0.1, 0.15) is 56.1 Å². The van der Waals surface area contributed by atoms with Gasteiger partial charge in [-0.1, -0.05) is 13.8 Å². The number of pyridine rings is 1. The minimum Gasteiger partial charge on any atom is -0.364 e. The molecule has 2 unspecified atom stereocenters. The molecule has 4 N–H and O–H groups in total. The van der Waals surface area contributed by atoms with E-state index in [2.05, 4.69) is 34.1 Å². The topological polar surface area (TPSA) is 122 Å². The lowest BCUT2D eigenvalue weighted by Crippen LogP contribution is -2.55. The Morgan fingerprint density at radius 1 is 1.21 bits per heavy atom. The quantitative estimate of drug-likeness (QED) is 0.390. The molecular formula is C23H28FN8O+. The summed E-state index contributed by atoms with van der Waals surface area (Å²) < 4.78 is 13.7. The highest BCUT2D eigenvalue weighted by Crippen LogP contribution is 2.43. The van der Waals surface area contributed by atoms with Crippen LogP contribution in [0.4, 0.5) is 27.7 Å². The number of fused-ring (bicyclic) bond motifs is 1. The van der Waals surface area contributed by atoms with Crippen LogP contribution in [0.5, 0.6) is 0 Å². The number of carbonyl (C=O) groups is 1. The van der Waals surface area contributed by atoms with Crippen LogP contribution in [0.25, 0.3) is 0 Å². The van der Waals surface area contributed by atoms with E-state index in [0.717, 1.165) is 48.6 Å². The highest BCUT2D eigenvalue weighted by Gasteiger charge is 2.52. The third-order valence-corrected chi connectivity index (χ3v) is 6.70. The van der Waals surface area contributed by atoms with Crippen LogP contribution in [-0.2, 0) is 17.6 Å². The third kappa shape index (κ3) is 3.64. The molecule has 9 nitrogen and oxygen atoms in total. The fourth-order valence-electron chi connectivity index (χ4n) is 5.06. The Morgan fingerprint density at radius 3 is 2.76 bits per heavy atom. The van der Waals surface area contributed by atoms with Gasteiger partial charge in [0.1, 0.15) is 17.5 Å². The van der Waals surface area contributed by atoms with E-state index in [1.807, 2.05) is 0 Å². The number of imidazole rings is 1. The number of primary amides is 1. The molecule has 0 aromatic carbocycles. The van der Waals surface area contributed by atoms with Crippen molar-refractivity contribution >= 4 is 29.2 Å². The molecule has 1 fully saturated rings. The number of anilines is 2. The molecule has 1 aliphatic carbocycles. The molecular weight excluding hydrogens is 423 g/mol. The standard InChI is InChI=1S/C23H27FN8O/c1-13(2)21-27-12-19(29-21)30-22-15-5-3-6-16(15)28-23(31-22)32(10-4-7-17(32)20(25)33)14-8-9-18(24)26-11-14/h8-9,11-13,17H,3-7,10H2,1-2H3,(H3-,25,27,28,29,30,31,33)/p+1. The Kier molecular flexibility index (Phi) is 5.32. The zero-order valence-electron chi connectivity index (χ0n) is 18.8. The van der Waals surface area contributed by atoms with E-state index in [9.17, 15) is 9.18 Å². The molecule has 0 spiro atoms. The Hall–Kier alpha value is -3.40. The van der Waals surface area contributed by atoms with Gasteiger partial charge in [0.2, 0.25) is 5.95 Å². The molecule has 33 heavy (non-hydrogen) atoms. The van der Waals surface area contributed by atoms with Crippen molar-refractivity contribution in [2.45, 2.75) is 57.9 Å². The molecule has 2 atom stereocenters. The smallest absolute Gasteiger partial charge is 0.337 e. The summed E-state index contributed by atoms with van der Waals surface area (Å²) in [6.45, 7) is 4.73. The maximum Gasteiger partial charge on any atom is 0.337 e. The molecule has 4 heterocycles. The first kappa shape index (κ1) is 21.4. The second-order valence-electron chi connectivity index (χ2n) is 9.10. The summed E-state index contributed by atoms with van der Waals surface area (Å²) in [6.07, 6.45) is 7.29. The van der Waals surface area contributed by atoms with Crippen LogP contribution in [0, 0.1) is 5.95 Å². The summed E-state index contributed by atoms with van der Waals surface area (Å²) in [5.41, 5.74) is 8.55. The molecule has 3 aromatic heterocycles. The first-order valence-electron chi connectivity index (χ1n) is 11.4. The molecule has 172 valence electrons. The average Bonchev–Trinajstić information content (AvgIpc) is 3.53. The average molecular weight is 452 g/mol. The minimum atomic E-state index is -0.579. The predicted octanol–water partition coefficient (Wildman–Crippen LogP) is 3.38. The van der Waals surface area contributed by atoms with Crippen LogP contribution in [0.15, 0.2) is 24.5 Å². The summed E-state index contributed by atoms with van der Waals surface area (Å²) >= 11 is 0. The second-order valence-corrected chi connectivity index (χ2v) is 9.10. The number of nitrogens with one attached hydrogen (secondary N) is 2. The highest BCUT2D eigenvalue weighted by atomic mass is 19.1. The fraction of sp³-hybridized carbons (Fsp3) is 0.435. The number of hydrogen-bond acceptors (Lipinski definition) is 6. The molecule has 0 bridgehead atoms. The van der Waals surface area contributed by atoms with Crippen molar-refractivity contribution in [3.05, 3.63) is 47.6 Å². The van der Waals surface area contributed by atoms with Gasteiger partial charge in [0.15, 0.2) is 11.7 Å². The Morgan fingerprint density at radius 2 is 2.06 bits per heavy atom. The first-order valence-corrected chi connectivity index (χ1v) is 11.4. The monoisotopic (exact) mass is 451 g/mol. The van der Waals surface area contributed by atoms with Crippen molar-refractivity contribution in [1.29, 1.82) is 0 Å². The molecule has 0 radical (unpaired) electrons. The highest BCUT2D eigenvalue weighted by molar-refractivity contribution is 5.84. The Bertz CT molecular complexity index is 1190. The summed E-state index contributed by atoms with van der Waals surface area (Å²) in [4.78, 5) is 34.0. The number of aromatic nitrogens is 5. The molecule has 1 saturated heterocycles. The molecule has 2 aliphatic rings. The Balaban J connectivity index is 1.65. The van der Waals surface area contributed by atoms with Crippen molar-refractivity contribution in [2.24, 2.45) is 5.73 Å². The van der Waals surface area contributed by atoms with Gasteiger partial charge in [-0.05, 0) is 25.3 Å². The number of hydrogen-bond donors (Lipinski definition) is 3. The lowest BCUT2D eigenvalue weighted by molar-refractivity contribution is -0.121. The molecule has 1 amide bonds. The number of nitrogens with zero attached hydrogens (tertiary/aromatic N) is 5. The molecule has 0 saturated carbocycles. The lowest BCUT2D eigenvalue weighted by Gasteiger charge is -2.35. The first-order chi connectivity index (χ1) is 15.9. The van der Waals surface area contributed by atoms with Gasteiger partial charge in [-0.3, -0.25) is 4.79 Å². The number of halogens is 1. The van der Waals surface area contributed by atoms with Gasteiger partial charge in [-0.15, -0.1) is 0 Å². The van der Waals surface area contributed by atoms with E-state index < -0.39 is 17.9 Å². The van der Waals surface area contributed by atoms with Crippen molar-refractivity contribution in [1.82, 2.24) is 29.4 Å². The summed E-state index contributed by atoms with van der Waals surface area (Å²) in [5.74, 6) is 2.09. The van der Waals surface area contributed by atoms with Crippen LogP contribution in [0.2, 0.25) is 0 Å². The largest absolute Gasteiger partial charge is 0.364 e. The van der Waals surface area contributed by atoms with Crippen LogP contribution < -0.4 is 15.5 Å². The fourth-order valence-corrected chi connectivity index (χ4v) is 5.06. The maximum atomic E-state index is 13.6. The van der Waals surface area contributed by atoms with E-state index in [4.69, 9.17) is 15.7 Å². The van der Waals surface area contributed by atoms with Crippen molar-refractivity contribution in [2.75, 3.05) is 11.9 Å². The third-order valence-electron chi connectivity index (χ3n) is 6.70. The van der Waals surface area contributed by atoms with E-state index in [1.165, 1.54) is 12.3 Å². The van der Waals surface area contributed by atoms with Gasteiger partial charge in [-0.2, -0.15) is 14.4 Å². The number of aryl methyl sites for hydroxylation is 1. The molecule has 5 rings (SSSR count). The number of aromatic amines is 1. The molecule has 1 aliphatic heterocycles. The second kappa shape index (κ2) is 8.18. The van der Waals surface area contributed by atoms with E-state index >= 15 is 0 Å². The zero-order valence-corrected chi connectivity index (χ0v) is 18.8. The van der Waals surface area contributed by atoms with Crippen LogP contribution in [-0.4, -0.2) is 43.4 Å². The van der Waals surface area contributed by atoms with Gasteiger partial charge in [0.25, 0.3) is 5.91 Å². The molecule has 10 heteroatoms. The summed E-state index contributed by atoms with van der Waals surface area (Å²) in [6, 6.07) is 2.40. The van der Waals surface area contributed by atoms with Crippen LogP contribution >= 0.6 is 0 Å². The predicted molar refractivity (Wildman–Crippen MR) is 123 cm³/mol. The van der Waals surface area contributed by atoms with Crippen molar-refractivity contribution in [3.63, 3.8) is 0 Å². The number of H-pyrrole nitrogens is 1. The summed E-state index contributed by atoms with van der Waals surface area (Å²) in [7, 11) is 0. The number of nitrogens with two attached hydrogens (primary N) is 1. The van der Waals surface area contributed by atoms with Crippen LogP contribution in [0.3, 0.4) is 0 Å². The number of quaternary nitrogens is 1.